The van der Waals surface area contributed by atoms with E-state index in [1.165, 1.54) is 5.56 Å². The van der Waals surface area contributed by atoms with E-state index in [1.54, 1.807) is 0 Å². The normalized spacial score (nSPS) is 9.50. The van der Waals surface area contributed by atoms with Gasteiger partial charge in [-0.3, -0.25) is 0 Å². The first-order valence-corrected chi connectivity index (χ1v) is 3.92. The van der Waals surface area contributed by atoms with Crippen LogP contribution in [0, 0.1) is 6.92 Å². The highest BCUT2D eigenvalue weighted by molar-refractivity contribution is 5.85. The third-order valence-corrected chi connectivity index (χ3v) is 1.74. The number of aromatic nitrogens is 2. The van der Waals surface area contributed by atoms with Crippen LogP contribution in [0.4, 0.5) is 5.95 Å². The maximum Gasteiger partial charge on any atom is 0.261 e. The van der Waals surface area contributed by atoms with Crippen LogP contribution in [0.2, 0.25) is 0 Å². The zero-order chi connectivity index (χ0) is 9.26. The summed E-state index contributed by atoms with van der Waals surface area (Å²) < 4.78 is 4.90. The molecule has 2 N–H and O–H groups in total. The Kier molecular flexibility index (Phi) is 3.09. The molecule has 0 saturated heterocycles. The molecule has 74 valence electrons. The van der Waals surface area contributed by atoms with Crippen LogP contribution in [0.3, 0.4) is 0 Å². The van der Waals surface area contributed by atoms with Gasteiger partial charge in [-0.25, -0.2) is 0 Å². The number of benzene rings is 1. The average molecular weight is 212 g/mol. The molecular formula is C9H10ClN3O. The number of nitrogens with two attached hydrogens (primary N) is 1. The van der Waals surface area contributed by atoms with Gasteiger partial charge >= 0.3 is 0 Å². The van der Waals surface area contributed by atoms with E-state index in [9.17, 15) is 0 Å². The summed E-state index contributed by atoms with van der Waals surface area (Å²) in [6.45, 7) is 2.02. The second-order valence-corrected chi connectivity index (χ2v) is 2.82. The maximum absolute atomic E-state index is 5.33. The van der Waals surface area contributed by atoms with Crippen LogP contribution in [0.25, 0.3) is 11.5 Å². The second-order valence-electron chi connectivity index (χ2n) is 2.82. The zero-order valence-corrected chi connectivity index (χ0v) is 8.41. The second kappa shape index (κ2) is 4.11. The number of anilines is 1. The molecule has 0 atom stereocenters. The van der Waals surface area contributed by atoms with Crippen molar-refractivity contribution in [2.75, 3.05) is 5.73 Å². The SMILES string of the molecule is Cc1ccc(-c2nc(N)no2)cc1.Cl. The van der Waals surface area contributed by atoms with E-state index < -0.39 is 0 Å². The summed E-state index contributed by atoms with van der Waals surface area (Å²) in [5.41, 5.74) is 7.40. The van der Waals surface area contributed by atoms with Crippen molar-refractivity contribution in [3.8, 4) is 11.5 Å². The molecule has 2 aromatic rings. The predicted molar refractivity (Wildman–Crippen MR) is 56.1 cm³/mol. The van der Waals surface area contributed by atoms with Crippen LogP contribution >= 0.6 is 12.4 Å². The van der Waals surface area contributed by atoms with Crippen LogP contribution in [0.15, 0.2) is 28.8 Å². The van der Waals surface area contributed by atoms with E-state index in [-0.39, 0.29) is 18.4 Å². The Bertz CT molecular complexity index is 410. The molecule has 0 radical (unpaired) electrons. The Hall–Kier alpha value is -1.55. The lowest BCUT2D eigenvalue weighted by atomic mass is 10.1. The standard InChI is InChI=1S/C9H9N3O.ClH/c1-6-2-4-7(5-3-6)8-11-9(10)12-13-8;/h2-5H,1H3,(H2,10,12);1H. The van der Waals surface area contributed by atoms with Crippen molar-refractivity contribution in [2.24, 2.45) is 0 Å². The van der Waals surface area contributed by atoms with Gasteiger partial charge in [-0.15, -0.1) is 12.4 Å². The molecule has 0 unspecified atom stereocenters. The van der Waals surface area contributed by atoms with Gasteiger partial charge in [-0.05, 0) is 24.2 Å². The molecule has 0 aliphatic heterocycles. The Morgan fingerprint density at radius 1 is 1.21 bits per heavy atom. The van der Waals surface area contributed by atoms with Crippen LogP contribution in [0.5, 0.6) is 0 Å². The molecule has 0 aliphatic rings. The van der Waals surface area contributed by atoms with E-state index in [1.807, 2.05) is 31.2 Å². The molecule has 5 heteroatoms. The largest absolute Gasteiger partial charge is 0.365 e. The van der Waals surface area contributed by atoms with E-state index in [2.05, 4.69) is 10.1 Å². The van der Waals surface area contributed by atoms with Gasteiger partial charge in [0.15, 0.2) is 0 Å². The van der Waals surface area contributed by atoms with E-state index in [4.69, 9.17) is 10.3 Å². The van der Waals surface area contributed by atoms with Crippen molar-refractivity contribution < 1.29 is 4.52 Å². The van der Waals surface area contributed by atoms with Crippen molar-refractivity contribution in [1.29, 1.82) is 0 Å². The zero-order valence-electron chi connectivity index (χ0n) is 7.60. The molecule has 14 heavy (non-hydrogen) atoms. The van der Waals surface area contributed by atoms with Gasteiger partial charge in [-0.1, -0.05) is 17.7 Å². The third-order valence-electron chi connectivity index (χ3n) is 1.74. The molecule has 1 aromatic heterocycles. The number of nitrogen functional groups attached to an aromatic ring is 1. The number of nitrogens with zero attached hydrogens (tertiary/aromatic N) is 2. The maximum atomic E-state index is 5.33. The average Bonchev–Trinajstić information content (AvgIpc) is 2.53. The highest BCUT2D eigenvalue weighted by Crippen LogP contribution is 2.17. The van der Waals surface area contributed by atoms with Crippen molar-refractivity contribution in [3.05, 3.63) is 29.8 Å². The highest BCUT2D eigenvalue weighted by Gasteiger charge is 2.04. The van der Waals surface area contributed by atoms with Crippen LogP contribution in [0.1, 0.15) is 5.56 Å². The lowest BCUT2D eigenvalue weighted by molar-refractivity contribution is 0.433. The van der Waals surface area contributed by atoms with Gasteiger partial charge in [0.1, 0.15) is 0 Å². The molecule has 0 spiro atoms. The van der Waals surface area contributed by atoms with E-state index in [0.717, 1.165) is 5.56 Å². The molecule has 1 aromatic carbocycles. The number of hydrogen-bond donors (Lipinski definition) is 1. The molecule has 0 bridgehead atoms. The van der Waals surface area contributed by atoms with Gasteiger partial charge < -0.3 is 10.3 Å². The molecule has 4 nitrogen and oxygen atoms in total. The molecule has 0 fully saturated rings. The van der Waals surface area contributed by atoms with Crippen molar-refractivity contribution in [3.63, 3.8) is 0 Å². The fourth-order valence-corrected chi connectivity index (χ4v) is 1.05. The van der Waals surface area contributed by atoms with Gasteiger partial charge in [0.25, 0.3) is 11.8 Å². The summed E-state index contributed by atoms with van der Waals surface area (Å²) >= 11 is 0. The summed E-state index contributed by atoms with van der Waals surface area (Å²) in [6, 6.07) is 7.80. The first-order chi connectivity index (χ1) is 6.25. The van der Waals surface area contributed by atoms with Crippen LogP contribution in [-0.4, -0.2) is 10.1 Å². The monoisotopic (exact) mass is 211 g/mol. The summed E-state index contributed by atoms with van der Waals surface area (Å²) in [4.78, 5) is 3.91. The first-order valence-electron chi connectivity index (χ1n) is 3.92. The minimum Gasteiger partial charge on any atom is -0.365 e. The van der Waals surface area contributed by atoms with Gasteiger partial charge in [0.05, 0.1) is 0 Å². The summed E-state index contributed by atoms with van der Waals surface area (Å²) in [7, 11) is 0. The minimum absolute atomic E-state index is 0. The summed E-state index contributed by atoms with van der Waals surface area (Å²) in [5.74, 6) is 0.619. The lowest BCUT2D eigenvalue weighted by Gasteiger charge is -1.93. The molecular weight excluding hydrogens is 202 g/mol. The summed E-state index contributed by atoms with van der Waals surface area (Å²) in [6.07, 6.45) is 0. The smallest absolute Gasteiger partial charge is 0.261 e. The Balaban J connectivity index is 0.000000980. The van der Waals surface area contributed by atoms with Crippen LogP contribution < -0.4 is 5.73 Å². The quantitative estimate of drug-likeness (QED) is 0.784. The Morgan fingerprint density at radius 2 is 1.86 bits per heavy atom. The van der Waals surface area contributed by atoms with Gasteiger partial charge in [0.2, 0.25) is 0 Å². The topological polar surface area (TPSA) is 64.9 Å². The van der Waals surface area contributed by atoms with Crippen molar-refractivity contribution in [1.82, 2.24) is 10.1 Å². The van der Waals surface area contributed by atoms with E-state index in [0.29, 0.717) is 5.89 Å². The number of rotatable bonds is 1. The van der Waals surface area contributed by atoms with Gasteiger partial charge in [0, 0.05) is 5.56 Å². The highest BCUT2D eigenvalue weighted by atomic mass is 35.5. The third kappa shape index (κ3) is 2.03. The molecule has 1 heterocycles. The number of aryl methyl sites for hydroxylation is 1. The molecule has 2 rings (SSSR count). The first kappa shape index (κ1) is 10.5. The fraction of sp³-hybridized carbons (Fsp3) is 0.111. The van der Waals surface area contributed by atoms with Gasteiger partial charge in [-0.2, -0.15) is 4.98 Å². The fourth-order valence-electron chi connectivity index (χ4n) is 1.05. The lowest BCUT2D eigenvalue weighted by Crippen LogP contribution is -1.85. The predicted octanol–water partition coefficient (Wildman–Crippen LogP) is 2.05. The number of halogens is 1. The molecule has 0 amide bonds. The van der Waals surface area contributed by atoms with E-state index >= 15 is 0 Å². The Morgan fingerprint density at radius 3 is 2.36 bits per heavy atom. The van der Waals surface area contributed by atoms with Crippen molar-refractivity contribution in [2.45, 2.75) is 6.92 Å². The van der Waals surface area contributed by atoms with Crippen molar-refractivity contribution >= 4 is 18.4 Å². The summed E-state index contributed by atoms with van der Waals surface area (Å²) in [5, 5.41) is 3.51. The molecule has 0 saturated carbocycles. The van der Waals surface area contributed by atoms with Crippen LogP contribution in [-0.2, 0) is 0 Å². The Labute approximate surface area is 87.5 Å². The molecule has 0 aliphatic carbocycles. The number of hydrogen-bond acceptors (Lipinski definition) is 4. The minimum atomic E-state index is 0.